The van der Waals surface area contributed by atoms with E-state index in [0.29, 0.717) is 19.5 Å². The fourth-order valence-corrected chi connectivity index (χ4v) is 1.18. The number of ether oxygens (including phenoxy) is 2. The molecule has 1 atom stereocenters. The Kier molecular flexibility index (Phi) is 8.82. The van der Waals surface area contributed by atoms with E-state index in [9.17, 15) is 9.59 Å². The van der Waals surface area contributed by atoms with E-state index >= 15 is 0 Å². The molecule has 15 heavy (non-hydrogen) atoms. The highest BCUT2D eigenvalue weighted by Crippen LogP contribution is 2.08. The van der Waals surface area contributed by atoms with Crippen LogP contribution >= 0.6 is 0 Å². The van der Waals surface area contributed by atoms with E-state index < -0.39 is 12.1 Å². The molecule has 0 spiro atoms. The first kappa shape index (κ1) is 13.9. The van der Waals surface area contributed by atoms with Crippen LogP contribution in [0.3, 0.4) is 0 Å². The first-order valence-electron chi connectivity index (χ1n) is 5.52. The molecule has 0 N–H and O–H groups in total. The van der Waals surface area contributed by atoms with Crippen LogP contribution in [0, 0.1) is 0 Å². The molecular weight excluding hydrogens is 196 g/mol. The van der Waals surface area contributed by atoms with Gasteiger partial charge in [-0.1, -0.05) is 26.7 Å². The number of hydrogen-bond acceptors (Lipinski definition) is 4. The van der Waals surface area contributed by atoms with Crippen LogP contribution in [0.5, 0.6) is 0 Å². The highest BCUT2D eigenvalue weighted by atomic mass is 16.6. The fraction of sp³-hybridized carbons (Fsp3) is 0.818. The first-order chi connectivity index (χ1) is 7.26. The van der Waals surface area contributed by atoms with Crippen LogP contribution in [-0.4, -0.2) is 25.2 Å². The molecule has 0 aliphatic carbocycles. The molecule has 4 heteroatoms. The number of carbonyl (C=O) groups excluding carboxylic acids is 2. The Morgan fingerprint density at radius 2 is 2.00 bits per heavy atom. The van der Waals surface area contributed by atoms with Gasteiger partial charge in [0.05, 0.1) is 6.61 Å². The number of hydrogen-bond donors (Lipinski definition) is 0. The molecule has 0 bridgehead atoms. The highest BCUT2D eigenvalue weighted by molar-refractivity contribution is 5.75. The molecule has 1 unspecified atom stereocenters. The van der Waals surface area contributed by atoms with Crippen molar-refractivity contribution in [3.05, 3.63) is 0 Å². The monoisotopic (exact) mass is 216 g/mol. The molecule has 0 aliphatic rings. The summed E-state index contributed by atoms with van der Waals surface area (Å²) in [7, 11) is 0. The van der Waals surface area contributed by atoms with Crippen molar-refractivity contribution in [1.82, 2.24) is 0 Å². The average Bonchev–Trinajstić information content (AvgIpc) is 2.25. The molecule has 4 nitrogen and oxygen atoms in total. The topological polar surface area (TPSA) is 52.6 Å². The molecule has 0 rings (SSSR count). The Balaban J connectivity index is 3.88. The van der Waals surface area contributed by atoms with Gasteiger partial charge in [-0.05, 0) is 19.3 Å². The maximum absolute atomic E-state index is 11.4. The minimum atomic E-state index is -0.722. The molecule has 0 saturated heterocycles. The highest BCUT2D eigenvalue weighted by Gasteiger charge is 2.20. The average molecular weight is 216 g/mol. The van der Waals surface area contributed by atoms with Crippen LogP contribution in [0.1, 0.15) is 46.0 Å². The maximum atomic E-state index is 11.4. The summed E-state index contributed by atoms with van der Waals surface area (Å²) in [5.41, 5.74) is 0. The summed E-state index contributed by atoms with van der Waals surface area (Å²) in [4.78, 5) is 21.6. The molecule has 0 radical (unpaired) electrons. The van der Waals surface area contributed by atoms with Crippen molar-refractivity contribution < 1.29 is 19.1 Å². The zero-order valence-electron chi connectivity index (χ0n) is 9.53. The van der Waals surface area contributed by atoms with Gasteiger partial charge in [-0.25, -0.2) is 4.79 Å². The van der Waals surface area contributed by atoms with Crippen molar-refractivity contribution in [1.29, 1.82) is 0 Å². The molecular formula is C11H20O4. The largest absolute Gasteiger partial charge is 0.463 e. The van der Waals surface area contributed by atoms with Crippen molar-refractivity contribution in [3.63, 3.8) is 0 Å². The van der Waals surface area contributed by atoms with Gasteiger partial charge >= 0.3 is 5.97 Å². The van der Waals surface area contributed by atoms with Gasteiger partial charge in [-0.2, -0.15) is 0 Å². The predicted octanol–water partition coefficient (Wildman–Crippen LogP) is 2.06. The lowest BCUT2D eigenvalue weighted by Crippen LogP contribution is -2.26. The lowest BCUT2D eigenvalue weighted by atomic mass is 10.1. The molecule has 0 aromatic carbocycles. The van der Waals surface area contributed by atoms with Gasteiger partial charge in [0.25, 0.3) is 6.47 Å². The van der Waals surface area contributed by atoms with Gasteiger partial charge in [0.1, 0.15) is 0 Å². The second-order valence-electron chi connectivity index (χ2n) is 3.38. The third-order valence-electron chi connectivity index (χ3n) is 2.00. The van der Waals surface area contributed by atoms with Crippen LogP contribution in [0.25, 0.3) is 0 Å². The zero-order valence-corrected chi connectivity index (χ0v) is 9.53. The molecule has 0 amide bonds. The van der Waals surface area contributed by atoms with E-state index in [-0.39, 0.29) is 0 Å². The summed E-state index contributed by atoms with van der Waals surface area (Å²) in [6.07, 6.45) is 3.57. The van der Waals surface area contributed by atoms with Crippen molar-refractivity contribution >= 4 is 12.4 Å². The van der Waals surface area contributed by atoms with E-state index in [1.807, 2.05) is 6.92 Å². The first-order valence-corrected chi connectivity index (χ1v) is 5.52. The third kappa shape index (κ3) is 6.94. The van der Waals surface area contributed by atoms with Crippen molar-refractivity contribution in [2.45, 2.75) is 52.1 Å². The second-order valence-corrected chi connectivity index (χ2v) is 3.38. The van der Waals surface area contributed by atoms with Crippen LogP contribution in [-0.2, 0) is 19.1 Å². The van der Waals surface area contributed by atoms with Crippen LogP contribution < -0.4 is 0 Å². The predicted molar refractivity (Wildman–Crippen MR) is 56.3 cm³/mol. The van der Waals surface area contributed by atoms with Crippen LogP contribution in [0.2, 0.25) is 0 Å². The number of rotatable bonds is 9. The summed E-state index contributed by atoms with van der Waals surface area (Å²) in [5.74, 6) is -0.431. The normalized spacial score (nSPS) is 11.9. The number of unbranched alkanes of at least 4 members (excludes halogenated alkanes) is 2. The van der Waals surface area contributed by atoms with E-state index in [1.54, 1.807) is 0 Å². The Hall–Kier alpha value is -1.06. The maximum Gasteiger partial charge on any atom is 0.347 e. The van der Waals surface area contributed by atoms with E-state index in [4.69, 9.17) is 9.47 Å². The number of carbonyl (C=O) groups is 2. The van der Waals surface area contributed by atoms with E-state index in [0.717, 1.165) is 25.7 Å². The quantitative estimate of drug-likeness (QED) is 0.336. The summed E-state index contributed by atoms with van der Waals surface area (Å²) in [6, 6.07) is 0. The smallest absolute Gasteiger partial charge is 0.347 e. The Morgan fingerprint density at radius 1 is 1.27 bits per heavy atom. The standard InChI is InChI=1S/C11H20O4/c1-3-5-6-7-10(15-9-12)11(13)14-8-4-2/h9-10H,3-8H2,1-2H3. The second kappa shape index (κ2) is 9.49. The molecule has 0 fully saturated rings. The molecule has 0 saturated carbocycles. The van der Waals surface area contributed by atoms with E-state index in [2.05, 4.69) is 6.92 Å². The third-order valence-corrected chi connectivity index (χ3v) is 2.00. The van der Waals surface area contributed by atoms with Gasteiger partial charge < -0.3 is 9.47 Å². The molecule has 0 aromatic rings. The van der Waals surface area contributed by atoms with Gasteiger partial charge in [-0.15, -0.1) is 0 Å². The molecule has 88 valence electrons. The Bertz CT molecular complexity index is 179. The summed E-state index contributed by atoms with van der Waals surface area (Å²) in [5, 5.41) is 0. The molecule has 0 aromatic heterocycles. The summed E-state index contributed by atoms with van der Waals surface area (Å²) >= 11 is 0. The van der Waals surface area contributed by atoms with Crippen LogP contribution in [0.4, 0.5) is 0 Å². The Morgan fingerprint density at radius 3 is 2.53 bits per heavy atom. The SMILES string of the molecule is CCCCCC(OC=O)C(=O)OCCC. The summed E-state index contributed by atoms with van der Waals surface area (Å²) in [6.45, 7) is 4.68. The van der Waals surface area contributed by atoms with Gasteiger partial charge in [0.15, 0.2) is 6.10 Å². The molecule has 0 aliphatic heterocycles. The van der Waals surface area contributed by atoms with Gasteiger partial charge in [-0.3, -0.25) is 4.79 Å². The van der Waals surface area contributed by atoms with E-state index in [1.165, 1.54) is 0 Å². The minimum absolute atomic E-state index is 0.309. The summed E-state index contributed by atoms with van der Waals surface area (Å²) < 4.78 is 9.61. The lowest BCUT2D eigenvalue weighted by Gasteiger charge is -2.13. The lowest BCUT2D eigenvalue weighted by molar-refractivity contribution is -0.162. The fourth-order valence-electron chi connectivity index (χ4n) is 1.18. The van der Waals surface area contributed by atoms with Crippen molar-refractivity contribution in [2.24, 2.45) is 0 Å². The van der Waals surface area contributed by atoms with Gasteiger partial charge in [0, 0.05) is 0 Å². The van der Waals surface area contributed by atoms with Crippen molar-refractivity contribution in [3.8, 4) is 0 Å². The van der Waals surface area contributed by atoms with Crippen molar-refractivity contribution in [2.75, 3.05) is 6.61 Å². The minimum Gasteiger partial charge on any atom is -0.463 e. The van der Waals surface area contributed by atoms with Crippen LogP contribution in [0.15, 0.2) is 0 Å². The Labute approximate surface area is 90.9 Å². The number of esters is 1. The molecule has 0 heterocycles. The zero-order chi connectivity index (χ0) is 11.5. The van der Waals surface area contributed by atoms with Gasteiger partial charge in [0.2, 0.25) is 0 Å².